The molecule has 0 aliphatic carbocycles. The first-order valence-corrected chi connectivity index (χ1v) is 11.4. The second-order valence-corrected chi connectivity index (χ2v) is 8.55. The highest BCUT2D eigenvalue weighted by molar-refractivity contribution is 7.99. The van der Waals surface area contributed by atoms with Gasteiger partial charge >= 0.3 is 0 Å². The van der Waals surface area contributed by atoms with E-state index in [1.165, 1.54) is 27.8 Å². The second-order valence-electron chi connectivity index (χ2n) is 6.54. The monoisotopic (exact) mass is 449 g/mol. The topological polar surface area (TPSA) is 103 Å². The molecule has 0 aliphatic heterocycles. The molecule has 4 aromatic rings. The molecule has 7 nitrogen and oxygen atoms in total. The molecule has 2 aromatic heterocycles. The Morgan fingerprint density at radius 1 is 1.00 bits per heavy atom. The molecule has 156 valence electrons. The first kappa shape index (κ1) is 20.8. The summed E-state index contributed by atoms with van der Waals surface area (Å²) in [6.07, 6.45) is 0.236. The number of nitrogens with one attached hydrogen (secondary N) is 1. The van der Waals surface area contributed by atoms with Gasteiger partial charge in [-0.3, -0.25) is 9.59 Å². The number of amides is 1. The summed E-state index contributed by atoms with van der Waals surface area (Å²) in [5, 5.41) is 13.6. The number of hydrogen-bond acceptors (Lipinski definition) is 7. The van der Waals surface area contributed by atoms with Gasteiger partial charge in [0, 0.05) is 23.3 Å². The molecule has 0 spiro atoms. The van der Waals surface area contributed by atoms with Crippen LogP contribution in [0.15, 0.2) is 77.3 Å². The summed E-state index contributed by atoms with van der Waals surface area (Å²) >= 11 is 2.88. The van der Waals surface area contributed by atoms with Crippen molar-refractivity contribution in [2.24, 2.45) is 0 Å². The number of carbonyl (C=O) groups excluding carboxylic acids is 2. The van der Waals surface area contributed by atoms with Gasteiger partial charge in [0.15, 0.2) is 11.6 Å². The molecule has 0 atom stereocenters. The van der Waals surface area contributed by atoms with E-state index in [-0.39, 0.29) is 18.1 Å². The molecule has 0 unspecified atom stereocenters. The summed E-state index contributed by atoms with van der Waals surface area (Å²) in [4.78, 5) is 26.2. The lowest BCUT2D eigenvalue weighted by atomic mass is 10.0. The number of benzene rings is 2. The van der Waals surface area contributed by atoms with Gasteiger partial charge in [-0.1, -0.05) is 60.3 Å². The third kappa shape index (κ3) is 4.84. The average molecular weight is 450 g/mol. The van der Waals surface area contributed by atoms with Gasteiger partial charge in [0.05, 0.1) is 10.6 Å². The number of nitrogens with two attached hydrogens (primary N) is 1. The minimum Gasteiger partial charge on any atom is -0.335 e. The molecule has 0 saturated carbocycles. The zero-order valence-corrected chi connectivity index (χ0v) is 18.0. The van der Waals surface area contributed by atoms with E-state index in [0.717, 1.165) is 4.88 Å². The van der Waals surface area contributed by atoms with Crippen LogP contribution < -0.4 is 11.2 Å². The van der Waals surface area contributed by atoms with E-state index < -0.39 is 0 Å². The standard InChI is InChI=1S/C22H19N5O2S2/c23-27-21(18-11-6-13-30-18)25-26-22(27)31-14-12-19(28)24-17-10-5-4-9-16(17)20(29)15-7-2-1-3-8-15/h1-11,13H,12,14,23H2,(H,24,28). The SMILES string of the molecule is Nn1c(SCCC(=O)Nc2ccccc2C(=O)c2ccccc2)nnc1-c1cccs1. The average Bonchev–Trinajstić information content (AvgIpc) is 3.44. The molecule has 4 rings (SSSR count). The van der Waals surface area contributed by atoms with Crippen molar-refractivity contribution < 1.29 is 9.59 Å². The fourth-order valence-electron chi connectivity index (χ4n) is 2.93. The Morgan fingerprint density at radius 3 is 2.55 bits per heavy atom. The number of para-hydroxylation sites is 1. The van der Waals surface area contributed by atoms with Gasteiger partial charge in [0.25, 0.3) is 0 Å². The highest BCUT2D eigenvalue weighted by Crippen LogP contribution is 2.25. The van der Waals surface area contributed by atoms with Crippen LogP contribution in [0.1, 0.15) is 22.3 Å². The number of aromatic nitrogens is 3. The summed E-state index contributed by atoms with van der Waals surface area (Å²) in [5.41, 5.74) is 1.52. The molecule has 31 heavy (non-hydrogen) atoms. The van der Waals surface area contributed by atoms with Crippen molar-refractivity contribution in [2.75, 3.05) is 16.9 Å². The van der Waals surface area contributed by atoms with E-state index in [1.54, 1.807) is 36.4 Å². The van der Waals surface area contributed by atoms with E-state index in [0.29, 0.717) is 33.5 Å². The molecule has 0 aliphatic rings. The lowest BCUT2D eigenvalue weighted by molar-refractivity contribution is -0.115. The number of rotatable bonds is 8. The Morgan fingerprint density at radius 2 is 1.77 bits per heavy atom. The predicted octanol–water partition coefficient (Wildman–Crippen LogP) is 4.07. The smallest absolute Gasteiger partial charge is 0.225 e. The largest absolute Gasteiger partial charge is 0.335 e. The first-order valence-electron chi connectivity index (χ1n) is 9.49. The highest BCUT2D eigenvalue weighted by Gasteiger charge is 2.16. The maximum atomic E-state index is 12.8. The zero-order chi connectivity index (χ0) is 21.6. The van der Waals surface area contributed by atoms with E-state index in [9.17, 15) is 9.59 Å². The fourth-order valence-corrected chi connectivity index (χ4v) is 4.43. The minimum absolute atomic E-state index is 0.136. The lowest BCUT2D eigenvalue weighted by Gasteiger charge is -2.10. The number of thioether (sulfide) groups is 1. The maximum absolute atomic E-state index is 12.8. The summed E-state index contributed by atoms with van der Waals surface area (Å²) in [7, 11) is 0. The molecule has 1 amide bonds. The quantitative estimate of drug-likeness (QED) is 0.239. The van der Waals surface area contributed by atoms with Gasteiger partial charge in [-0.15, -0.1) is 21.5 Å². The maximum Gasteiger partial charge on any atom is 0.225 e. The molecular formula is C22H19N5O2S2. The molecular weight excluding hydrogens is 430 g/mol. The number of thiophene rings is 1. The van der Waals surface area contributed by atoms with Gasteiger partial charge in [-0.2, -0.15) is 0 Å². The van der Waals surface area contributed by atoms with Crippen molar-refractivity contribution in [1.82, 2.24) is 14.9 Å². The van der Waals surface area contributed by atoms with Gasteiger partial charge in [0.1, 0.15) is 0 Å². The Labute approximate surface area is 187 Å². The Bertz CT molecular complexity index is 1190. The number of carbonyl (C=O) groups is 2. The Hall–Kier alpha value is -3.43. The van der Waals surface area contributed by atoms with Crippen LogP contribution >= 0.6 is 23.1 Å². The third-order valence-corrected chi connectivity index (χ3v) is 6.26. The fraction of sp³-hybridized carbons (Fsp3) is 0.0909. The number of ketones is 1. The van der Waals surface area contributed by atoms with Crippen LogP contribution in [0.5, 0.6) is 0 Å². The zero-order valence-electron chi connectivity index (χ0n) is 16.4. The minimum atomic E-state index is -0.192. The van der Waals surface area contributed by atoms with Crippen LogP contribution in [0.3, 0.4) is 0 Å². The summed E-state index contributed by atoms with van der Waals surface area (Å²) < 4.78 is 1.43. The van der Waals surface area contributed by atoms with E-state index in [1.807, 2.05) is 35.7 Å². The predicted molar refractivity (Wildman–Crippen MR) is 124 cm³/mol. The summed E-state index contributed by atoms with van der Waals surface area (Å²) in [5.74, 6) is 6.82. The molecule has 0 bridgehead atoms. The van der Waals surface area contributed by atoms with Crippen LogP contribution in [-0.2, 0) is 4.79 Å². The molecule has 2 aromatic carbocycles. The van der Waals surface area contributed by atoms with Crippen molar-refractivity contribution in [3.05, 3.63) is 83.2 Å². The summed E-state index contributed by atoms with van der Waals surface area (Å²) in [6, 6.07) is 19.8. The molecule has 9 heteroatoms. The number of nitrogens with zero attached hydrogens (tertiary/aromatic N) is 3. The molecule has 3 N–H and O–H groups in total. The number of anilines is 1. The van der Waals surface area contributed by atoms with E-state index in [4.69, 9.17) is 5.84 Å². The molecule has 2 heterocycles. The van der Waals surface area contributed by atoms with Crippen molar-refractivity contribution in [2.45, 2.75) is 11.6 Å². The first-order chi connectivity index (χ1) is 15.1. The van der Waals surface area contributed by atoms with E-state index in [2.05, 4.69) is 15.5 Å². The van der Waals surface area contributed by atoms with Crippen LogP contribution in [0.2, 0.25) is 0 Å². The second kappa shape index (κ2) is 9.59. The number of hydrogen-bond donors (Lipinski definition) is 2. The van der Waals surface area contributed by atoms with Crippen molar-refractivity contribution >= 4 is 40.5 Å². The van der Waals surface area contributed by atoms with Crippen LogP contribution in [0.4, 0.5) is 5.69 Å². The van der Waals surface area contributed by atoms with Crippen LogP contribution in [0.25, 0.3) is 10.7 Å². The van der Waals surface area contributed by atoms with Crippen molar-refractivity contribution in [1.29, 1.82) is 0 Å². The normalized spacial score (nSPS) is 10.7. The number of nitrogen functional groups attached to an aromatic ring is 1. The van der Waals surface area contributed by atoms with Gasteiger partial charge in [-0.05, 0) is 23.6 Å². The Balaban J connectivity index is 1.37. The van der Waals surface area contributed by atoms with Crippen LogP contribution in [0, 0.1) is 0 Å². The van der Waals surface area contributed by atoms with Crippen molar-refractivity contribution in [3.63, 3.8) is 0 Å². The van der Waals surface area contributed by atoms with Gasteiger partial charge in [-0.25, -0.2) is 4.68 Å². The van der Waals surface area contributed by atoms with Crippen molar-refractivity contribution in [3.8, 4) is 10.7 Å². The molecule has 0 fully saturated rings. The van der Waals surface area contributed by atoms with Crippen LogP contribution in [-0.4, -0.2) is 32.3 Å². The van der Waals surface area contributed by atoms with E-state index >= 15 is 0 Å². The summed E-state index contributed by atoms with van der Waals surface area (Å²) in [6.45, 7) is 0. The van der Waals surface area contributed by atoms with Gasteiger partial charge < -0.3 is 11.2 Å². The third-order valence-electron chi connectivity index (χ3n) is 4.45. The lowest BCUT2D eigenvalue weighted by Crippen LogP contribution is -2.16. The Kier molecular flexibility index (Phi) is 6.44. The molecule has 0 radical (unpaired) electrons. The highest BCUT2D eigenvalue weighted by atomic mass is 32.2. The van der Waals surface area contributed by atoms with Gasteiger partial charge in [0.2, 0.25) is 11.1 Å². The molecule has 0 saturated heterocycles.